The smallest absolute Gasteiger partial charge is 0.407 e. The van der Waals surface area contributed by atoms with Crippen molar-refractivity contribution < 1.29 is 14.6 Å². The molecule has 1 heterocycles. The predicted octanol–water partition coefficient (Wildman–Crippen LogP) is 2.51. The van der Waals surface area contributed by atoms with Crippen LogP contribution in [-0.4, -0.2) is 29.3 Å². The zero-order valence-corrected chi connectivity index (χ0v) is 9.22. The highest BCUT2D eigenvalue weighted by Crippen LogP contribution is 2.33. The van der Waals surface area contributed by atoms with Gasteiger partial charge in [-0.25, -0.2) is 4.79 Å². The highest BCUT2D eigenvalue weighted by Gasteiger charge is 2.28. The van der Waals surface area contributed by atoms with Crippen LogP contribution in [0.5, 0.6) is 5.75 Å². The second kappa shape index (κ2) is 4.43. The minimum atomic E-state index is -0.882. The summed E-state index contributed by atoms with van der Waals surface area (Å²) >= 11 is 0. The van der Waals surface area contributed by atoms with Crippen LogP contribution in [0.1, 0.15) is 24.9 Å². The topological polar surface area (TPSA) is 49.8 Å². The van der Waals surface area contributed by atoms with E-state index in [4.69, 9.17) is 9.84 Å². The van der Waals surface area contributed by atoms with Crippen LogP contribution in [0.25, 0.3) is 0 Å². The Balaban J connectivity index is 2.41. The van der Waals surface area contributed by atoms with Gasteiger partial charge in [-0.1, -0.05) is 25.1 Å². The van der Waals surface area contributed by atoms with Crippen molar-refractivity contribution in [2.45, 2.75) is 19.4 Å². The lowest BCUT2D eigenvalue weighted by atomic mass is 10.0. The summed E-state index contributed by atoms with van der Waals surface area (Å²) in [6.45, 7) is 2.82. The van der Waals surface area contributed by atoms with Gasteiger partial charge < -0.3 is 9.84 Å². The van der Waals surface area contributed by atoms with Crippen LogP contribution in [0.15, 0.2) is 24.3 Å². The molecule has 4 nitrogen and oxygen atoms in total. The summed E-state index contributed by atoms with van der Waals surface area (Å²) in [5.74, 6) is 0.804. The molecule has 1 aliphatic heterocycles. The van der Waals surface area contributed by atoms with Gasteiger partial charge in [0.1, 0.15) is 12.4 Å². The average molecular weight is 221 g/mol. The zero-order valence-electron chi connectivity index (χ0n) is 9.22. The Morgan fingerprint density at radius 1 is 1.56 bits per heavy atom. The number of para-hydroxylation sites is 1. The van der Waals surface area contributed by atoms with E-state index in [2.05, 4.69) is 0 Å². The molecule has 16 heavy (non-hydrogen) atoms. The monoisotopic (exact) mass is 221 g/mol. The molecule has 0 radical (unpaired) electrons. The molecule has 1 aliphatic rings. The number of fused-ring (bicyclic) bond motifs is 1. The third-order valence-electron chi connectivity index (χ3n) is 2.88. The van der Waals surface area contributed by atoms with Gasteiger partial charge >= 0.3 is 6.09 Å². The molecule has 1 aromatic rings. The number of hydrogen-bond donors (Lipinski definition) is 1. The number of amides is 1. The molecule has 2 rings (SSSR count). The first-order valence-corrected chi connectivity index (χ1v) is 5.45. The van der Waals surface area contributed by atoms with Crippen LogP contribution >= 0.6 is 0 Å². The van der Waals surface area contributed by atoms with Gasteiger partial charge in [-0.2, -0.15) is 0 Å². The largest absolute Gasteiger partial charge is 0.491 e. The normalized spacial score (nSPS) is 19.6. The first-order chi connectivity index (χ1) is 7.74. The van der Waals surface area contributed by atoms with E-state index in [1.54, 1.807) is 0 Å². The van der Waals surface area contributed by atoms with Crippen molar-refractivity contribution in [1.82, 2.24) is 4.90 Å². The summed E-state index contributed by atoms with van der Waals surface area (Å²) in [6.07, 6.45) is -0.126. The van der Waals surface area contributed by atoms with Crippen LogP contribution in [0.4, 0.5) is 4.79 Å². The third kappa shape index (κ3) is 1.83. The van der Waals surface area contributed by atoms with E-state index in [0.717, 1.165) is 17.7 Å². The summed E-state index contributed by atoms with van der Waals surface area (Å²) in [7, 11) is 0. The molecular weight excluding hydrogens is 206 g/mol. The number of rotatable bonds is 1. The van der Waals surface area contributed by atoms with Crippen LogP contribution < -0.4 is 4.74 Å². The summed E-state index contributed by atoms with van der Waals surface area (Å²) in [5.41, 5.74) is 0.963. The number of hydrogen-bond acceptors (Lipinski definition) is 2. The Bertz CT molecular complexity index is 392. The van der Waals surface area contributed by atoms with Crippen molar-refractivity contribution in [3.05, 3.63) is 29.8 Å². The highest BCUT2D eigenvalue weighted by atomic mass is 16.5. The molecule has 1 atom stereocenters. The lowest BCUT2D eigenvalue weighted by Gasteiger charge is -2.26. The Hall–Kier alpha value is -1.71. The molecule has 1 aromatic carbocycles. The molecule has 1 N–H and O–H groups in total. The van der Waals surface area contributed by atoms with Crippen molar-refractivity contribution in [1.29, 1.82) is 0 Å². The molecular formula is C12H15NO3. The first-order valence-electron chi connectivity index (χ1n) is 5.45. The minimum Gasteiger partial charge on any atom is -0.491 e. The molecule has 1 amide bonds. The highest BCUT2D eigenvalue weighted by molar-refractivity contribution is 5.66. The maximum Gasteiger partial charge on any atom is 0.407 e. The minimum absolute atomic E-state index is 0.101. The SMILES string of the molecule is CCC1c2ccccc2OCCN1C(=O)O. The third-order valence-corrected chi connectivity index (χ3v) is 2.88. The number of nitrogens with zero attached hydrogens (tertiary/aromatic N) is 1. The van der Waals surface area contributed by atoms with Crippen LogP contribution in [0.3, 0.4) is 0 Å². The molecule has 4 heteroatoms. The average Bonchev–Trinajstić information content (AvgIpc) is 2.47. The fourth-order valence-corrected chi connectivity index (χ4v) is 2.13. The standard InChI is InChI=1S/C12H15NO3/c1-2-10-9-5-3-4-6-11(9)16-8-7-13(10)12(14)15/h3-6,10H,2,7-8H2,1H3,(H,14,15). The second-order valence-corrected chi connectivity index (χ2v) is 3.79. The van der Waals surface area contributed by atoms with E-state index in [0.29, 0.717) is 13.2 Å². The van der Waals surface area contributed by atoms with Gasteiger partial charge in [-0.3, -0.25) is 4.90 Å². The second-order valence-electron chi connectivity index (χ2n) is 3.79. The molecule has 0 aromatic heterocycles. The Morgan fingerprint density at radius 2 is 2.31 bits per heavy atom. The van der Waals surface area contributed by atoms with Gasteiger partial charge in [0.2, 0.25) is 0 Å². The van der Waals surface area contributed by atoms with E-state index >= 15 is 0 Å². The van der Waals surface area contributed by atoms with Gasteiger partial charge in [0.05, 0.1) is 12.6 Å². The maximum atomic E-state index is 11.2. The quantitative estimate of drug-likeness (QED) is 0.792. The van der Waals surface area contributed by atoms with E-state index < -0.39 is 6.09 Å². The molecule has 0 aliphatic carbocycles. The van der Waals surface area contributed by atoms with E-state index in [9.17, 15) is 4.79 Å². The van der Waals surface area contributed by atoms with Crippen molar-refractivity contribution in [3.8, 4) is 5.75 Å². The van der Waals surface area contributed by atoms with E-state index in [-0.39, 0.29) is 6.04 Å². The molecule has 0 saturated carbocycles. The molecule has 0 saturated heterocycles. The Labute approximate surface area is 94.4 Å². The van der Waals surface area contributed by atoms with Crippen LogP contribution in [-0.2, 0) is 0 Å². The Kier molecular flexibility index (Phi) is 2.99. The zero-order chi connectivity index (χ0) is 11.5. The summed E-state index contributed by atoms with van der Waals surface area (Å²) < 4.78 is 5.56. The van der Waals surface area contributed by atoms with Crippen molar-refractivity contribution in [3.63, 3.8) is 0 Å². The lowest BCUT2D eigenvalue weighted by Crippen LogP contribution is -2.34. The first kappa shape index (κ1) is 10.8. The molecule has 0 fully saturated rings. The van der Waals surface area contributed by atoms with Crippen molar-refractivity contribution in [2.24, 2.45) is 0 Å². The maximum absolute atomic E-state index is 11.2. The summed E-state index contributed by atoms with van der Waals surface area (Å²) in [6, 6.07) is 7.54. The van der Waals surface area contributed by atoms with E-state index in [1.807, 2.05) is 31.2 Å². The number of carbonyl (C=O) groups is 1. The van der Waals surface area contributed by atoms with Gasteiger partial charge in [-0.15, -0.1) is 0 Å². The van der Waals surface area contributed by atoms with Crippen LogP contribution in [0.2, 0.25) is 0 Å². The number of ether oxygens (including phenoxy) is 1. The molecule has 0 spiro atoms. The van der Waals surface area contributed by atoms with Gasteiger partial charge in [0, 0.05) is 5.56 Å². The van der Waals surface area contributed by atoms with Crippen molar-refractivity contribution >= 4 is 6.09 Å². The number of carboxylic acid groups (broad SMARTS) is 1. The van der Waals surface area contributed by atoms with Crippen LogP contribution in [0, 0.1) is 0 Å². The summed E-state index contributed by atoms with van der Waals surface area (Å²) in [4.78, 5) is 12.6. The fraction of sp³-hybridized carbons (Fsp3) is 0.417. The fourth-order valence-electron chi connectivity index (χ4n) is 2.13. The van der Waals surface area contributed by atoms with Gasteiger partial charge in [0.25, 0.3) is 0 Å². The Morgan fingerprint density at radius 3 is 3.00 bits per heavy atom. The van der Waals surface area contributed by atoms with Crippen molar-refractivity contribution in [2.75, 3.05) is 13.2 Å². The molecule has 1 unspecified atom stereocenters. The number of benzene rings is 1. The predicted molar refractivity (Wildman–Crippen MR) is 59.7 cm³/mol. The van der Waals surface area contributed by atoms with Gasteiger partial charge in [0.15, 0.2) is 0 Å². The molecule has 86 valence electrons. The molecule has 0 bridgehead atoms. The van der Waals surface area contributed by atoms with Gasteiger partial charge in [-0.05, 0) is 12.5 Å². The summed E-state index contributed by atoms with van der Waals surface area (Å²) in [5, 5.41) is 9.16. The van der Waals surface area contributed by atoms with E-state index in [1.165, 1.54) is 4.90 Å². The lowest BCUT2D eigenvalue weighted by molar-refractivity contribution is 0.119.